The van der Waals surface area contributed by atoms with Crippen LogP contribution in [0.25, 0.3) is 0 Å². The smallest absolute Gasteiger partial charge is 0.275 e. The third kappa shape index (κ3) is 2.10. The van der Waals surface area contributed by atoms with Crippen molar-refractivity contribution in [1.29, 1.82) is 10.5 Å². The van der Waals surface area contributed by atoms with Crippen LogP contribution in [0.1, 0.15) is 10.5 Å². The first-order valence-corrected chi connectivity index (χ1v) is 4.42. The van der Waals surface area contributed by atoms with Crippen LogP contribution in [-0.2, 0) is 7.05 Å². The van der Waals surface area contributed by atoms with Crippen LogP contribution in [0.2, 0.25) is 0 Å². The van der Waals surface area contributed by atoms with Gasteiger partial charge in [-0.15, -0.1) is 0 Å². The van der Waals surface area contributed by atoms with Crippen molar-refractivity contribution in [2.45, 2.75) is 0 Å². The van der Waals surface area contributed by atoms with Gasteiger partial charge in [-0.3, -0.25) is 9.48 Å². The molecule has 0 radical (unpaired) electrons. The number of nitrogens with zero attached hydrogens (tertiary/aromatic N) is 5. The van der Waals surface area contributed by atoms with E-state index in [9.17, 15) is 4.79 Å². The first-order chi connectivity index (χ1) is 7.61. The Morgan fingerprint density at radius 3 is 2.50 bits per heavy atom. The Labute approximate surface area is 92.3 Å². The number of carbonyl (C=O) groups excluding carboxylic acids is 1. The summed E-state index contributed by atoms with van der Waals surface area (Å²) in [5.74, 6) is -0.472. The predicted octanol–water partition coefficient (Wildman–Crippen LogP) is -0.508. The molecule has 0 aliphatic heterocycles. The molecule has 16 heavy (non-hydrogen) atoms. The molecule has 0 saturated heterocycles. The number of aromatic nitrogens is 2. The van der Waals surface area contributed by atoms with Gasteiger partial charge in [0.25, 0.3) is 5.91 Å². The number of carbonyl (C=O) groups is 1. The molecule has 2 N–H and O–H groups in total. The van der Waals surface area contributed by atoms with E-state index in [1.54, 1.807) is 7.05 Å². The Balaban J connectivity index is 3.01. The Morgan fingerprint density at radius 2 is 2.12 bits per heavy atom. The number of anilines is 1. The van der Waals surface area contributed by atoms with Gasteiger partial charge >= 0.3 is 0 Å². The lowest BCUT2D eigenvalue weighted by Gasteiger charge is -2.15. The number of nitrogens with two attached hydrogens (primary N) is 1. The first kappa shape index (κ1) is 11.5. The second-order valence-electron chi connectivity index (χ2n) is 3.05. The lowest BCUT2D eigenvalue weighted by atomic mass is 10.3. The van der Waals surface area contributed by atoms with E-state index in [-0.39, 0.29) is 24.5 Å². The van der Waals surface area contributed by atoms with Crippen molar-refractivity contribution in [2.24, 2.45) is 7.05 Å². The van der Waals surface area contributed by atoms with Gasteiger partial charge in [0, 0.05) is 7.05 Å². The number of amides is 1. The van der Waals surface area contributed by atoms with E-state index in [0.717, 1.165) is 4.90 Å². The summed E-state index contributed by atoms with van der Waals surface area (Å²) < 4.78 is 1.32. The highest BCUT2D eigenvalue weighted by Gasteiger charge is 2.21. The Kier molecular flexibility index (Phi) is 3.46. The maximum Gasteiger partial charge on any atom is 0.275 e. The van der Waals surface area contributed by atoms with Gasteiger partial charge in [-0.1, -0.05) is 0 Å². The molecule has 1 heterocycles. The molecule has 1 aromatic rings. The Bertz CT molecular complexity index is 442. The molecule has 0 atom stereocenters. The van der Waals surface area contributed by atoms with Crippen molar-refractivity contribution in [2.75, 3.05) is 18.8 Å². The molecule has 1 aromatic heterocycles. The summed E-state index contributed by atoms with van der Waals surface area (Å²) >= 11 is 0. The van der Waals surface area contributed by atoms with Gasteiger partial charge in [-0.05, 0) is 0 Å². The fourth-order valence-electron chi connectivity index (χ4n) is 1.24. The molecule has 0 aliphatic rings. The highest BCUT2D eigenvalue weighted by Crippen LogP contribution is 2.12. The van der Waals surface area contributed by atoms with Gasteiger partial charge in [-0.25, -0.2) is 0 Å². The molecule has 7 heteroatoms. The number of aryl methyl sites for hydroxylation is 1. The zero-order valence-corrected chi connectivity index (χ0v) is 8.71. The second-order valence-corrected chi connectivity index (χ2v) is 3.05. The monoisotopic (exact) mass is 218 g/mol. The van der Waals surface area contributed by atoms with Crippen LogP contribution in [0.15, 0.2) is 6.20 Å². The molecule has 0 unspecified atom stereocenters. The van der Waals surface area contributed by atoms with Crippen LogP contribution in [0.5, 0.6) is 0 Å². The van der Waals surface area contributed by atoms with Gasteiger partial charge in [0.1, 0.15) is 18.8 Å². The van der Waals surface area contributed by atoms with Gasteiger partial charge < -0.3 is 10.6 Å². The summed E-state index contributed by atoms with van der Waals surface area (Å²) in [6.07, 6.45) is 1.35. The van der Waals surface area contributed by atoms with Crippen LogP contribution in [0.4, 0.5) is 5.69 Å². The summed E-state index contributed by atoms with van der Waals surface area (Å²) in [4.78, 5) is 13.0. The maximum atomic E-state index is 11.9. The fraction of sp³-hybridized carbons (Fsp3) is 0.333. The van der Waals surface area contributed by atoms with E-state index in [1.165, 1.54) is 10.9 Å². The molecule has 0 aromatic carbocycles. The lowest BCUT2D eigenvalue weighted by Crippen LogP contribution is -2.33. The average molecular weight is 218 g/mol. The quantitative estimate of drug-likeness (QED) is 0.687. The Hall–Kier alpha value is -2.54. The normalized spacial score (nSPS) is 9.19. The number of hydrogen-bond donors (Lipinski definition) is 1. The summed E-state index contributed by atoms with van der Waals surface area (Å²) in [6, 6.07) is 3.64. The highest BCUT2D eigenvalue weighted by molar-refractivity contribution is 5.97. The largest absolute Gasteiger partial charge is 0.396 e. The van der Waals surface area contributed by atoms with E-state index < -0.39 is 5.91 Å². The summed E-state index contributed by atoms with van der Waals surface area (Å²) in [5.41, 5.74) is 5.99. The van der Waals surface area contributed by atoms with Crippen molar-refractivity contribution >= 4 is 11.6 Å². The van der Waals surface area contributed by atoms with Gasteiger partial charge in [0.2, 0.25) is 0 Å². The first-order valence-electron chi connectivity index (χ1n) is 4.42. The van der Waals surface area contributed by atoms with E-state index >= 15 is 0 Å². The molecule has 1 rings (SSSR count). The average Bonchev–Trinajstić information content (AvgIpc) is 2.57. The zero-order chi connectivity index (χ0) is 12.1. The molecule has 82 valence electrons. The molecule has 1 amide bonds. The topological polar surface area (TPSA) is 112 Å². The minimum Gasteiger partial charge on any atom is -0.396 e. The Morgan fingerprint density at radius 1 is 1.56 bits per heavy atom. The van der Waals surface area contributed by atoms with Crippen LogP contribution in [0.3, 0.4) is 0 Å². The highest BCUT2D eigenvalue weighted by atomic mass is 16.2. The van der Waals surface area contributed by atoms with E-state index in [4.69, 9.17) is 16.3 Å². The minimum absolute atomic E-state index is 0.156. The number of hydrogen-bond acceptors (Lipinski definition) is 5. The van der Waals surface area contributed by atoms with Gasteiger partial charge in [0.15, 0.2) is 0 Å². The number of rotatable bonds is 3. The third-order valence-electron chi connectivity index (χ3n) is 1.98. The molecule has 0 saturated carbocycles. The standard InChI is InChI=1S/C9H10N6O/c1-14-8(7(12)6-13-14)9(16)15(4-2-10)5-3-11/h6H,4-5,12H2,1H3. The number of nitrogen functional groups attached to an aromatic ring is 1. The van der Waals surface area contributed by atoms with Crippen molar-refractivity contribution in [1.82, 2.24) is 14.7 Å². The van der Waals surface area contributed by atoms with Crippen LogP contribution >= 0.6 is 0 Å². The van der Waals surface area contributed by atoms with Gasteiger partial charge in [-0.2, -0.15) is 15.6 Å². The van der Waals surface area contributed by atoms with Crippen LogP contribution in [-0.4, -0.2) is 33.7 Å². The third-order valence-corrected chi connectivity index (χ3v) is 1.98. The molecule has 0 bridgehead atoms. The second kappa shape index (κ2) is 4.80. The summed E-state index contributed by atoms with van der Waals surface area (Å²) in [6.45, 7) is -0.311. The molecule has 0 aliphatic carbocycles. The van der Waals surface area contributed by atoms with Crippen LogP contribution in [0, 0.1) is 22.7 Å². The lowest BCUT2D eigenvalue weighted by molar-refractivity contribution is 0.0785. The molecule has 0 spiro atoms. The summed E-state index contributed by atoms with van der Waals surface area (Å²) in [7, 11) is 1.57. The molecule has 7 nitrogen and oxygen atoms in total. The SMILES string of the molecule is Cn1ncc(N)c1C(=O)N(CC#N)CC#N. The van der Waals surface area contributed by atoms with Crippen molar-refractivity contribution in [3.8, 4) is 12.1 Å². The van der Waals surface area contributed by atoms with E-state index in [0.29, 0.717) is 0 Å². The van der Waals surface area contributed by atoms with E-state index in [2.05, 4.69) is 5.10 Å². The molecular weight excluding hydrogens is 208 g/mol. The van der Waals surface area contributed by atoms with Crippen LogP contribution < -0.4 is 5.73 Å². The van der Waals surface area contributed by atoms with Crippen molar-refractivity contribution in [3.63, 3.8) is 0 Å². The van der Waals surface area contributed by atoms with Crippen molar-refractivity contribution in [3.05, 3.63) is 11.9 Å². The van der Waals surface area contributed by atoms with Crippen molar-refractivity contribution < 1.29 is 4.79 Å². The summed E-state index contributed by atoms with van der Waals surface area (Å²) in [5, 5.41) is 20.9. The zero-order valence-electron chi connectivity index (χ0n) is 8.71. The van der Waals surface area contributed by atoms with E-state index in [1.807, 2.05) is 12.1 Å². The minimum atomic E-state index is -0.472. The maximum absolute atomic E-state index is 11.9. The fourth-order valence-corrected chi connectivity index (χ4v) is 1.24. The predicted molar refractivity (Wildman–Crippen MR) is 54.7 cm³/mol. The van der Waals surface area contributed by atoms with Gasteiger partial charge in [0.05, 0.1) is 24.0 Å². The molecular formula is C9H10N6O. The molecule has 0 fully saturated rings. The number of nitriles is 2.